The van der Waals surface area contributed by atoms with Gasteiger partial charge in [-0.2, -0.15) is 0 Å². The van der Waals surface area contributed by atoms with E-state index in [2.05, 4.69) is 17.4 Å². The number of nitrogens with zero attached hydrogens (tertiary/aromatic N) is 2. The van der Waals surface area contributed by atoms with E-state index >= 15 is 0 Å². The van der Waals surface area contributed by atoms with E-state index < -0.39 is 0 Å². The Morgan fingerprint density at radius 3 is 2.70 bits per heavy atom. The van der Waals surface area contributed by atoms with Crippen LogP contribution in [0.2, 0.25) is 0 Å². The number of likely N-dealkylation sites (N-methyl/N-ethyl adjacent to an activating group) is 1. The van der Waals surface area contributed by atoms with Crippen LogP contribution in [0.25, 0.3) is 21.9 Å². The highest BCUT2D eigenvalue weighted by molar-refractivity contribution is 6.14. The van der Waals surface area contributed by atoms with E-state index in [1.54, 1.807) is 22.8 Å². The van der Waals surface area contributed by atoms with Crippen molar-refractivity contribution in [3.63, 3.8) is 0 Å². The molecule has 0 aliphatic heterocycles. The second-order valence-electron chi connectivity index (χ2n) is 8.07. The molecule has 1 N–H and O–H groups in total. The Morgan fingerprint density at radius 2 is 1.90 bits per heavy atom. The minimum atomic E-state index is -0.386. The van der Waals surface area contributed by atoms with Gasteiger partial charge in [-0.15, -0.1) is 0 Å². The molecule has 1 heterocycles. The summed E-state index contributed by atoms with van der Waals surface area (Å²) in [4.78, 5) is 27.3. The van der Waals surface area contributed by atoms with Crippen molar-refractivity contribution in [1.29, 1.82) is 0 Å². The second kappa shape index (κ2) is 7.15. The maximum Gasteiger partial charge on any atom is 0.419 e. The fraction of sp³-hybridized carbons (Fsp3) is 0.250. The van der Waals surface area contributed by atoms with Gasteiger partial charge in [0.25, 0.3) is 5.91 Å². The van der Waals surface area contributed by atoms with E-state index in [9.17, 15) is 9.59 Å². The first-order valence-electron chi connectivity index (χ1n) is 10.1. The first-order valence-corrected chi connectivity index (χ1v) is 10.1. The van der Waals surface area contributed by atoms with Crippen LogP contribution >= 0.6 is 0 Å². The lowest BCUT2D eigenvalue weighted by atomic mass is 9.99. The van der Waals surface area contributed by atoms with Gasteiger partial charge in [0.2, 0.25) is 0 Å². The molecule has 0 bridgehead atoms. The molecule has 0 saturated heterocycles. The van der Waals surface area contributed by atoms with Crippen molar-refractivity contribution < 1.29 is 9.21 Å². The molecule has 6 heteroatoms. The molecule has 5 rings (SSSR count). The smallest absolute Gasteiger partial charge is 0.408 e. The number of rotatable bonds is 5. The number of hydrogen-bond acceptors (Lipinski definition) is 4. The van der Waals surface area contributed by atoms with E-state index in [1.165, 1.54) is 16.5 Å². The lowest BCUT2D eigenvalue weighted by molar-refractivity contribution is 0.102. The topological polar surface area (TPSA) is 67.5 Å². The average Bonchev–Trinajstić information content (AvgIpc) is 3.28. The van der Waals surface area contributed by atoms with Crippen LogP contribution < -0.4 is 11.1 Å². The van der Waals surface area contributed by atoms with Gasteiger partial charge in [0, 0.05) is 24.3 Å². The maximum atomic E-state index is 13.1. The summed E-state index contributed by atoms with van der Waals surface area (Å²) >= 11 is 0. The molecule has 0 fully saturated rings. The molecule has 0 unspecified atom stereocenters. The molecule has 30 heavy (non-hydrogen) atoms. The molecule has 152 valence electrons. The maximum absolute atomic E-state index is 13.1. The minimum Gasteiger partial charge on any atom is -0.408 e. The van der Waals surface area contributed by atoms with E-state index in [-0.39, 0.29) is 11.7 Å². The number of hydrogen-bond donors (Lipinski definition) is 1. The van der Waals surface area contributed by atoms with Crippen LogP contribution in [-0.2, 0) is 19.4 Å². The molecule has 0 saturated carbocycles. The molecule has 1 amide bonds. The molecule has 3 aromatic carbocycles. The van der Waals surface area contributed by atoms with Crippen molar-refractivity contribution in [1.82, 2.24) is 9.47 Å². The quantitative estimate of drug-likeness (QED) is 0.554. The minimum absolute atomic E-state index is 0.157. The van der Waals surface area contributed by atoms with Gasteiger partial charge in [0.1, 0.15) is 0 Å². The summed E-state index contributed by atoms with van der Waals surface area (Å²) in [5, 5.41) is 5.21. The van der Waals surface area contributed by atoms with Gasteiger partial charge in [0.05, 0.1) is 5.52 Å². The Labute approximate surface area is 173 Å². The van der Waals surface area contributed by atoms with Crippen LogP contribution in [0.15, 0.2) is 57.7 Å². The Balaban J connectivity index is 1.49. The zero-order chi connectivity index (χ0) is 20.8. The molecular weight excluding hydrogens is 378 g/mol. The van der Waals surface area contributed by atoms with Crippen LogP contribution in [-0.4, -0.2) is 36.0 Å². The molecule has 1 aliphatic carbocycles. The number of anilines is 1. The van der Waals surface area contributed by atoms with Crippen molar-refractivity contribution >= 4 is 33.5 Å². The van der Waals surface area contributed by atoms with Crippen molar-refractivity contribution in [3.05, 3.63) is 75.8 Å². The third kappa shape index (κ3) is 3.09. The molecule has 0 atom stereocenters. The fourth-order valence-corrected chi connectivity index (χ4v) is 4.29. The summed E-state index contributed by atoms with van der Waals surface area (Å²) in [6, 6.07) is 15.4. The summed E-state index contributed by atoms with van der Waals surface area (Å²) in [5.74, 6) is -0.543. The molecular formula is C24H23N3O3. The zero-order valence-corrected chi connectivity index (χ0v) is 17.1. The number of aromatic nitrogens is 1. The average molecular weight is 401 g/mol. The van der Waals surface area contributed by atoms with E-state index in [1.807, 2.05) is 37.2 Å². The summed E-state index contributed by atoms with van der Waals surface area (Å²) in [6.07, 6.45) is 2.05. The van der Waals surface area contributed by atoms with Crippen molar-refractivity contribution in [2.75, 3.05) is 26.0 Å². The monoisotopic (exact) mass is 401 g/mol. The number of nitrogens with one attached hydrogen (secondary N) is 1. The number of carbonyl (C=O) groups excluding carboxylic acids is 1. The van der Waals surface area contributed by atoms with Gasteiger partial charge in [-0.3, -0.25) is 9.36 Å². The zero-order valence-electron chi connectivity index (χ0n) is 17.1. The highest BCUT2D eigenvalue weighted by Gasteiger charge is 2.19. The Kier molecular flexibility index (Phi) is 4.44. The van der Waals surface area contributed by atoms with E-state index in [4.69, 9.17) is 4.42 Å². The number of benzene rings is 3. The van der Waals surface area contributed by atoms with Crippen LogP contribution in [0.3, 0.4) is 0 Å². The van der Waals surface area contributed by atoms with Crippen LogP contribution in [0, 0.1) is 0 Å². The summed E-state index contributed by atoms with van der Waals surface area (Å²) in [6.45, 7) is 1.23. The van der Waals surface area contributed by atoms with Crippen molar-refractivity contribution in [2.24, 2.45) is 0 Å². The number of aryl methyl sites for hydroxylation is 2. The van der Waals surface area contributed by atoms with Gasteiger partial charge in [-0.05, 0) is 73.1 Å². The normalized spacial score (nSPS) is 12.9. The molecule has 1 aromatic heterocycles. The number of carbonyl (C=O) groups is 1. The van der Waals surface area contributed by atoms with E-state index in [0.29, 0.717) is 35.4 Å². The highest BCUT2D eigenvalue weighted by Crippen LogP contribution is 2.33. The number of fused-ring (bicyclic) bond motifs is 1. The van der Waals surface area contributed by atoms with Crippen LogP contribution in [0.4, 0.5) is 5.69 Å². The lowest BCUT2D eigenvalue weighted by Crippen LogP contribution is -2.23. The summed E-state index contributed by atoms with van der Waals surface area (Å²) in [7, 11) is 3.91. The standard InChI is InChI=1S/C24H23N3O3/c1-26(2)12-13-27-20-14-17(9-11-21(20)30-24(27)29)25-23(28)19-10-8-16-7-6-15-4-3-5-18(19)22(15)16/h3-5,8-11,14H,6-7,12-13H2,1-2H3,(H,25,28). The van der Waals surface area contributed by atoms with Gasteiger partial charge in [-0.1, -0.05) is 24.3 Å². The lowest BCUT2D eigenvalue weighted by Gasteiger charge is -2.11. The predicted molar refractivity (Wildman–Crippen MR) is 118 cm³/mol. The van der Waals surface area contributed by atoms with Crippen molar-refractivity contribution in [3.8, 4) is 0 Å². The Morgan fingerprint density at radius 1 is 1.10 bits per heavy atom. The van der Waals surface area contributed by atoms with E-state index in [0.717, 1.165) is 18.2 Å². The third-order valence-electron chi connectivity index (χ3n) is 5.82. The fourth-order valence-electron chi connectivity index (χ4n) is 4.29. The molecule has 4 aromatic rings. The Bertz CT molecular complexity index is 1340. The largest absolute Gasteiger partial charge is 0.419 e. The number of amides is 1. The molecule has 0 spiro atoms. The highest BCUT2D eigenvalue weighted by atomic mass is 16.4. The van der Waals surface area contributed by atoms with Gasteiger partial charge < -0.3 is 14.6 Å². The first-order chi connectivity index (χ1) is 14.5. The molecule has 6 nitrogen and oxygen atoms in total. The predicted octanol–water partition coefficient (Wildman–Crippen LogP) is 3.66. The summed E-state index contributed by atoms with van der Waals surface area (Å²) in [5.41, 5.74) is 5.11. The number of oxazole rings is 1. The molecule has 0 radical (unpaired) electrons. The first kappa shape index (κ1) is 18.6. The van der Waals surface area contributed by atoms with Crippen LogP contribution in [0.5, 0.6) is 0 Å². The van der Waals surface area contributed by atoms with Gasteiger partial charge in [-0.25, -0.2) is 4.79 Å². The Hall–Kier alpha value is -3.38. The second-order valence-corrected chi connectivity index (χ2v) is 8.07. The van der Waals surface area contributed by atoms with Gasteiger partial charge >= 0.3 is 5.76 Å². The van der Waals surface area contributed by atoms with Gasteiger partial charge in [0.15, 0.2) is 5.58 Å². The van der Waals surface area contributed by atoms with Crippen LogP contribution in [0.1, 0.15) is 21.5 Å². The summed E-state index contributed by atoms with van der Waals surface area (Å²) < 4.78 is 6.94. The van der Waals surface area contributed by atoms with Crippen molar-refractivity contribution in [2.45, 2.75) is 19.4 Å². The SMILES string of the molecule is CN(C)CCn1c(=O)oc2ccc(NC(=O)c3ccc4c5c(cccc35)CC4)cc21. The third-order valence-corrected chi connectivity index (χ3v) is 5.82. The molecule has 1 aliphatic rings.